The summed E-state index contributed by atoms with van der Waals surface area (Å²) < 4.78 is 11.3. The van der Waals surface area contributed by atoms with Gasteiger partial charge in [-0.3, -0.25) is 15.1 Å². The van der Waals surface area contributed by atoms with Gasteiger partial charge in [0.05, 0.1) is 34.5 Å². The normalized spacial score (nSPS) is 14.0. The van der Waals surface area contributed by atoms with Crippen LogP contribution < -0.4 is 15.8 Å². The Bertz CT molecular complexity index is 1050. The molecule has 2 heterocycles. The fraction of sp³-hybridized carbons (Fsp3) is 0.391. The van der Waals surface area contributed by atoms with Gasteiger partial charge in [-0.15, -0.1) is 6.58 Å². The summed E-state index contributed by atoms with van der Waals surface area (Å²) in [5.41, 5.74) is 7.44. The number of rotatable bonds is 6. The lowest BCUT2D eigenvalue weighted by atomic mass is 9.96. The molecule has 170 valence electrons. The second-order valence-corrected chi connectivity index (χ2v) is 8.58. The number of ether oxygens (including phenoxy) is 2. The van der Waals surface area contributed by atoms with Gasteiger partial charge in [0.2, 0.25) is 0 Å². The lowest BCUT2D eigenvalue weighted by molar-refractivity contribution is -0.384. The highest BCUT2D eigenvalue weighted by Gasteiger charge is 2.27. The highest BCUT2D eigenvalue weighted by atomic mass is 16.6. The Hall–Kier alpha value is -3.62. The van der Waals surface area contributed by atoms with Crippen LogP contribution in [0.5, 0.6) is 5.75 Å². The molecule has 0 spiro atoms. The number of hydrogen-bond donors (Lipinski definition) is 2. The lowest BCUT2D eigenvalue weighted by Gasteiger charge is -2.25. The maximum atomic E-state index is 12.4. The number of nitrogens with two attached hydrogens (primary N) is 1. The third kappa shape index (κ3) is 5.35. The van der Waals surface area contributed by atoms with E-state index in [-0.39, 0.29) is 5.69 Å². The monoisotopic (exact) mass is 440 g/mol. The smallest absolute Gasteiger partial charge is 0.408 e. The molecule has 0 unspecified atom stereocenters. The Morgan fingerprint density at radius 2 is 2.16 bits per heavy atom. The van der Waals surface area contributed by atoms with E-state index in [0.717, 1.165) is 6.42 Å². The summed E-state index contributed by atoms with van der Waals surface area (Å²) in [6, 6.07) is 5.73. The van der Waals surface area contributed by atoms with Crippen molar-refractivity contribution in [2.75, 3.05) is 12.3 Å². The summed E-state index contributed by atoms with van der Waals surface area (Å²) in [6.07, 6.45) is 2.92. The Morgan fingerprint density at radius 3 is 2.81 bits per heavy atom. The number of nitro groups is 1. The van der Waals surface area contributed by atoms with Crippen molar-refractivity contribution >= 4 is 17.5 Å². The first kappa shape index (κ1) is 23.1. The fourth-order valence-corrected chi connectivity index (χ4v) is 3.53. The molecule has 1 aromatic carbocycles. The van der Waals surface area contributed by atoms with Crippen molar-refractivity contribution in [3.63, 3.8) is 0 Å². The minimum absolute atomic E-state index is 0.126. The minimum atomic E-state index is -0.657. The lowest BCUT2D eigenvalue weighted by Crippen LogP contribution is -2.35. The van der Waals surface area contributed by atoms with Crippen LogP contribution in [-0.4, -0.2) is 28.2 Å². The van der Waals surface area contributed by atoms with Crippen LogP contribution in [0.25, 0.3) is 11.1 Å². The van der Waals surface area contributed by atoms with E-state index < -0.39 is 22.7 Å². The molecule has 1 aromatic heterocycles. The van der Waals surface area contributed by atoms with Crippen LogP contribution >= 0.6 is 0 Å². The zero-order valence-corrected chi connectivity index (χ0v) is 18.5. The predicted octanol–water partition coefficient (Wildman–Crippen LogP) is 4.71. The molecule has 2 aromatic rings. The standard InChI is InChI=1S/C23H28N4O5/c1-5-7-17(26-22(28)32-23(2,3)4)19-13-16(21-18(25-19)8-6-11-31-21)15-10-9-14(24)12-20(15)27(29)30/h5,9-10,12-13,17H,1,6-8,11,24H2,2-4H3,(H,26,28)/t17-/m0/s1. The van der Waals surface area contributed by atoms with Crippen molar-refractivity contribution in [1.29, 1.82) is 0 Å². The van der Waals surface area contributed by atoms with E-state index >= 15 is 0 Å². The highest BCUT2D eigenvalue weighted by Crippen LogP contribution is 2.41. The average molecular weight is 441 g/mol. The molecule has 32 heavy (non-hydrogen) atoms. The Morgan fingerprint density at radius 1 is 1.41 bits per heavy atom. The van der Waals surface area contributed by atoms with E-state index in [1.807, 2.05) is 0 Å². The third-order valence-corrected chi connectivity index (χ3v) is 4.83. The average Bonchev–Trinajstić information content (AvgIpc) is 2.71. The Labute approximate surface area is 186 Å². The topological polar surface area (TPSA) is 130 Å². The van der Waals surface area contributed by atoms with E-state index in [2.05, 4.69) is 11.9 Å². The number of fused-ring (bicyclic) bond motifs is 1. The number of aromatic nitrogens is 1. The van der Waals surface area contributed by atoms with E-state index in [1.54, 1.807) is 45.0 Å². The number of hydrogen-bond acceptors (Lipinski definition) is 7. The van der Waals surface area contributed by atoms with Gasteiger partial charge < -0.3 is 20.5 Å². The van der Waals surface area contributed by atoms with Crippen molar-refractivity contribution in [3.8, 4) is 16.9 Å². The van der Waals surface area contributed by atoms with Crippen molar-refractivity contribution in [2.45, 2.75) is 51.7 Å². The molecular weight excluding hydrogens is 412 g/mol. The van der Waals surface area contributed by atoms with Crippen LogP contribution in [0.3, 0.4) is 0 Å². The molecule has 0 aliphatic carbocycles. The van der Waals surface area contributed by atoms with Crippen molar-refractivity contribution < 1.29 is 19.2 Å². The number of pyridine rings is 1. The van der Waals surface area contributed by atoms with E-state index in [9.17, 15) is 14.9 Å². The summed E-state index contributed by atoms with van der Waals surface area (Å²) in [6.45, 7) is 9.61. The van der Waals surface area contributed by atoms with Crippen molar-refractivity contribution in [1.82, 2.24) is 10.3 Å². The second-order valence-electron chi connectivity index (χ2n) is 8.58. The number of benzene rings is 1. The van der Waals surface area contributed by atoms with Crippen LogP contribution in [0.15, 0.2) is 36.9 Å². The van der Waals surface area contributed by atoms with Gasteiger partial charge in [-0.1, -0.05) is 6.08 Å². The van der Waals surface area contributed by atoms with Crippen LogP contribution in [0.4, 0.5) is 16.2 Å². The molecule has 1 aliphatic rings. The van der Waals surface area contributed by atoms with Crippen LogP contribution in [0.2, 0.25) is 0 Å². The number of amides is 1. The van der Waals surface area contributed by atoms with E-state index in [1.165, 1.54) is 6.07 Å². The van der Waals surface area contributed by atoms with Gasteiger partial charge in [-0.05, 0) is 58.2 Å². The molecule has 0 fully saturated rings. The zero-order chi connectivity index (χ0) is 23.5. The Balaban J connectivity index is 2.11. The van der Waals surface area contributed by atoms with Gasteiger partial charge in [-0.25, -0.2) is 4.79 Å². The minimum Gasteiger partial charge on any atom is -0.491 e. The van der Waals surface area contributed by atoms with Gasteiger partial charge in [0.25, 0.3) is 5.69 Å². The number of nitrogen functional groups attached to an aromatic ring is 1. The molecule has 0 saturated heterocycles. The quantitative estimate of drug-likeness (QED) is 0.288. The molecule has 9 nitrogen and oxygen atoms in total. The summed E-state index contributed by atoms with van der Waals surface area (Å²) in [5, 5.41) is 14.6. The first-order chi connectivity index (χ1) is 15.1. The molecule has 3 N–H and O–H groups in total. The fourth-order valence-electron chi connectivity index (χ4n) is 3.53. The zero-order valence-electron chi connectivity index (χ0n) is 18.5. The van der Waals surface area contributed by atoms with Gasteiger partial charge >= 0.3 is 6.09 Å². The first-order valence-corrected chi connectivity index (χ1v) is 10.4. The maximum Gasteiger partial charge on any atom is 0.408 e. The summed E-state index contributed by atoms with van der Waals surface area (Å²) in [5.74, 6) is 0.516. The maximum absolute atomic E-state index is 12.4. The number of carbonyl (C=O) groups is 1. The summed E-state index contributed by atoms with van der Waals surface area (Å²) >= 11 is 0. The van der Waals surface area contributed by atoms with Gasteiger partial charge in [0.15, 0.2) is 0 Å². The van der Waals surface area contributed by atoms with Crippen LogP contribution in [0, 0.1) is 10.1 Å². The number of nitrogens with zero attached hydrogens (tertiary/aromatic N) is 2. The third-order valence-electron chi connectivity index (χ3n) is 4.83. The largest absolute Gasteiger partial charge is 0.491 e. The molecule has 3 rings (SSSR count). The number of carbonyl (C=O) groups excluding carboxylic acids is 1. The van der Waals surface area contributed by atoms with Gasteiger partial charge in [-0.2, -0.15) is 0 Å². The number of aryl methyl sites for hydroxylation is 1. The number of nitrogens with one attached hydrogen (secondary N) is 1. The number of anilines is 1. The Kier molecular flexibility index (Phi) is 6.67. The van der Waals surface area contributed by atoms with E-state index in [4.69, 9.17) is 20.2 Å². The summed E-state index contributed by atoms with van der Waals surface area (Å²) in [7, 11) is 0. The summed E-state index contributed by atoms with van der Waals surface area (Å²) in [4.78, 5) is 28.4. The number of nitro benzene ring substituents is 1. The highest BCUT2D eigenvalue weighted by molar-refractivity contribution is 5.81. The SMILES string of the molecule is C=CC[C@H](NC(=O)OC(C)(C)C)c1cc(-c2ccc(N)cc2[N+](=O)[O-])c2c(n1)CCCO2. The van der Waals surface area contributed by atoms with Crippen LogP contribution in [0.1, 0.15) is 51.0 Å². The molecule has 9 heteroatoms. The molecule has 0 bridgehead atoms. The molecule has 1 amide bonds. The number of alkyl carbamates (subject to hydrolysis) is 1. The predicted molar refractivity (Wildman–Crippen MR) is 121 cm³/mol. The first-order valence-electron chi connectivity index (χ1n) is 10.4. The van der Waals surface area contributed by atoms with Crippen LogP contribution in [-0.2, 0) is 11.2 Å². The van der Waals surface area contributed by atoms with Gasteiger partial charge in [0, 0.05) is 17.3 Å². The second kappa shape index (κ2) is 9.25. The van der Waals surface area contributed by atoms with E-state index in [0.29, 0.717) is 53.4 Å². The molecule has 0 saturated carbocycles. The molecule has 1 atom stereocenters. The molecule has 1 aliphatic heterocycles. The van der Waals surface area contributed by atoms with Crippen molar-refractivity contribution in [2.24, 2.45) is 0 Å². The van der Waals surface area contributed by atoms with Gasteiger partial charge in [0.1, 0.15) is 11.4 Å². The molecular formula is C23H28N4O5. The van der Waals surface area contributed by atoms with Crippen molar-refractivity contribution in [3.05, 3.63) is 58.4 Å². The molecule has 0 radical (unpaired) electrons.